The first-order chi connectivity index (χ1) is 5.43. The lowest BCUT2D eigenvalue weighted by Gasteiger charge is -1.97. The van der Waals surface area contributed by atoms with E-state index in [2.05, 4.69) is 5.32 Å². The van der Waals surface area contributed by atoms with E-state index in [1.807, 2.05) is 30.3 Å². The first kappa shape index (κ1) is 8.14. The minimum atomic E-state index is 0.632. The van der Waals surface area contributed by atoms with Gasteiger partial charge in [0.05, 0.1) is 5.88 Å². The lowest BCUT2D eigenvalue weighted by atomic mass is 10.4. The summed E-state index contributed by atoms with van der Waals surface area (Å²) >= 11 is 1.60. The molecule has 0 unspecified atom stereocenters. The van der Waals surface area contributed by atoms with Crippen LogP contribution in [0.2, 0.25) is 0 Å². The summed E-state index contributed by atoms with van der Waals surface area (Å²) in [6.07, 6.45) is 0.704. The van der Waals surface area contributed by atoms with Gasteiger partial charge in [0.1, 0.15) is 0 Å². The number of thioether (sulfide) groups is 1. The van der Waals surface area contributed by atoms with E-state index >= 15 is 0 Å². The molecule has 58 valence electrons. The summed E-state index contributed by atoms with van der Waals surface area (Å²) in [4.78, 5) is 11.0. The molecule has 11 heavy (non-hydrogen) atoms. The fourth-order valence-electron chi connectivity index (χ4n) is 0.676. The van der Waals surface area contributed by atoms with Crippen LogP contribution >= 0.6 is 11.8 Å². The summed E-state index contributed by atoms with van der Waals surface area (Å²) in [6, 6.07) is 9.94. The third-order valence-electron chi connectivity index (χ3n) is 1.15. The Balaban J connectivity index is 2.33. The molecule has 0 bridgehead atoms. The molecule has 0 atom stereocenters. The van der Waals surface area contributed by atoms with Gasteiger partial charge in [0.2, 0.25) is 6.41 Å². The Morgan fingerprint density at radius 1 is 1.36 bits per heavy atom. The van der Waals surface area contributed by atoms with E-state index in [-0.39, 0.29) is 0 Å². The smallest absolute Gasteiger partial charge is 0.207 e. The maximum Gasteiger partial charge on any atom is 0.207 e. The van der Waals surface area contributed by atoms with Crippen LogP contribution in [-0.2, 0) is 4.79 Å². The number of hydrogen-bond acceptors (Lipinski definition) is 2. The zero-order valence-corrected chi connectivity index (χ0v) is 6.80. The van der Waals surface area contributed by atoms with Crippen LogP contribution in [0, 0.1) is 0 Å². The Morgan fingerprint density at radius 2 is 2.09 bits per heavy atom. The van der Waals surface area contributed by atoms with Gasteiger partial charge in [-0.2, -0.15) is 0 Å². The summed E-state index contributed by atoms with van der Waals surface area (Å²) in [5.74, 6) is 0.632. The fourth-order valence-corrected chi connectivity index (χ4v) is 1.34. The maximum absolute atomic E-state index is 9.87. The molecule has 1 amide bonds. The van der Waals surface area contributed by atoms with Crippen LogP contribution in [-0.4, -0.2) is 12.3 Å². The molecule has 0 saturated carbocycles. The van der Waals surface area contributed by atoms with Crippen molar-refractivity contribution in [1.82, 2.24) is 5.32 Å². The Bertz CT molecular complexity index is 213. The van der Waals surface area contributed by atoms with Crippen molar-refractivity contribution in [3.63, 3.8) is 0 Å². The molecule has 0 fully saturated rings. The van der Waals surface area contributed by atoms with Crippen molar-refractivity contribution in [2.45, 2.75) is 4.90 Å². The maximum atomic E-state index is 9.87. The van der Waals surface area contributed by atoms with Gasteiger partial charge in [-0.1, -0.05) is 18.2 Å². The van der Waals surface area contributed by atoms with Gasteiger partial charge in [-0.05, 0) is 12.1 Å². The first-order valence-electron chi connectivity index (χ1n) is 3.28. The quantitative estimate of drug-likeness (QED) is 0.318. The topological polar surface area (TPSA) is 29.1 Å². The molecule has 1 rings (SSSR count). The van der Waals surface area contributed by atoms with Crippen LogP contribution in [0.5, 0.6) is 0 Å². The number of amides is 1. The standard InChI is InChI=1S/C8H9NOS/c10-6-9-7-11-8-4-2-1-3-5-8/h1-6H,7H2,(H,9,10). The minimum absolute atomic E-state index is 0.632. The molecule has 0 radical (unpaired) electrons. The third kappa shape index (κ3) is 3.09. The van der Waals surface area contributed by atoms with Crippen LogP contribution in [0.25, 0.3) is 0 Å². The summed E-state index contributed by atoms with van der Waals surface area (Å²) in [7, 11) is 0. The van der Waals surface area contributed by atoms with E-state index in [0.717, 1.165) is 0 Å². The second-order valence-corrected chi connectivity index (χ2v) is 2.97. The minimum Gasteiger partial charge on any atom is -0.349 e. The van der Waals surface area contributed by atoms with Gasteiger partial charge < -0.3 is 5.32 Å². The van der Waals surface area contributed by atoms with Gasteiger partial charge in [0, 0.05) is 4.90 Å². The Labute approximate surface area is 70.0 Å². The zero-order valence-electron chi connectivity index (χ0n) is 5.99. The molecule has 1 aromatic rings. The van der Waals surface area contributed by atoms with Gasteiger partial charge in [-0.3, -0.25) is 4.79 Å². The van der Waals surface area contributed by atoms with Crippen molar-refractivity contribution in [3.05, 3.63) is 30.3 Å². The van der Waals surface area contributed by atoms with Crippen molar-refractivity contribution >= 4 is 18.2 Å². The second kappa shape index (κ2) is 4.79. The summed E-state index contributed by atoms with van der Waals surface area (Å²) in [5.41, 5.74) is 0. The van der Waals surface area contributed by atoms with Crippen LogP contribution in [0.1, 0.15) is 0 Å². The number of carbonyl (C=O) groups excluding carboxylic acids is 1. The molecule has 0 heterocycles. The van der Waals surface area contributed by atoms with Gasteiger partial charge in [0.25, 0.3) is 0 Å². The highest BCUT2D eigenvalue weighted by Crippen LogP contribution is 2.14. The number of hydrogen-bond donors (Lipinski definition) is 1. The van der Waals surface area contributed by atoms with E-state index in [1.54, 1.807) is 11.8 Å². The normalized spacial score (nSPS) is 9.09. The van der Waals surface area contributed by atoms with E-state index < -0.39 is 0 Å². The van der Waals surface area contributed by atoms with Crippen molar-refractivity contribution in [2.24, 2.45) is 0 Å². The lowest BCUT2D eigenvalue weighted by molar-refractivity contribution is -0.109. The molecule has 0 aliphatic carbocycles. The highest BCUT2D eigenvalue weighted by Gasteiger charge is 1.88. The van der Waals surface area contributed by atoms with E-state index in [0.29, 0.717) is 12.3 Å². The zero-order chi connectivity index (χ0) is 7.94. The van der Waals surface area contributed by atoms with E-state index in [1.165, 1.54) is 4.90 Å². The lowest BCUT2D eigenvalue weighted by Crippen LogP contribution is -2.08. The largest absolute Gasteiger partial charge is 0.349 e. The van der Waals surface area contributed by atoms with Crippen molar-refractivity contribution in [1.29, 1.82) is 0 Å². The van der Waals surface area contributed by atoms with E-state index in [4.69, 9.17) is 0 Å². The van der Waals surface area contributed by atoms with Crippen LogP contribution in [0.4, 0.5) is 0 Å². The molecular formula is C8H9NOS. The van der Waals surface area contributed by atoms with Crippen LogP contribution < -0.4 is 5.32 Å². The molecule has 1 aromatic carbocycles. The number of benzene rings is 1. The van der Waals surface area contributed by atoms with Crippen molar-refractivity contribution < 1.29 is 4.79 Å². The SMILES string of the molecule is O=CNCSc1ccccc1. The molecule has 0 aromatic heterocycles. The summed E-state index contributed by atoms with van der Waals surface area (Å²) in [6.45, 7) is 0. The number of carbonyl (C=O) groups is 1. The monoisotopic (exact) mass is 167 g/mol. The van der Waals surface area contributed by atoms with Crippen LogP contribution in [0.3, 0.4) is 0 Å². The summed E-state index contributed by atoms with van der Waals surface area (Å²) in [5, 5.41) is 2.58. The van der Waals surface area contributed by atoms with Gasteiger partial charge >= 0.3 is 0 Å². The van der Waals surface area contributed by atoms with E-state index in [9.17, 15) is 4.79 Å². The summed E-state index contributed by atoms with van der Waals surface area (Å²) < 4.78 is 0. The average Bonchev–Trinajstić information content (AvgIpc) is 2.07. The number of rotatable bonds is 4. The molecule has 0 spiro atoms. The van der Waals surface area contributed by atoms with Gasteiger partial charge in [-0.25, -0.2) is 0 Å². The van der Waals surface area contributed by atoms with Crippen molar-refractivity contribution in [3.8, 4) is 0 Å². The molecule has 0 saturated heterocycles. The highest BCUT2D eigenvalue weighted by molar-refractivity contribution is 7.99. The second-order valence-electron chi connectivity index (χ2n) is 1.92. The fraction of sp³-hybridized carbons (Fsp3) is 0.125. The third-order valence-corrected chi connectivity index (χ3v) is 2.07. The Kier molecular flexibility index (Phi) is 3.55. The Hall–Kier alpha value is -0.960. The molecule has 2 nitrogen and oxygen atoms in total. The van der Waals surface area contributed by atoms with Crippen LogP contribution in [0.15, 0.2) is 35.2 Å². The molecule has 0 aliphatic rings. The number of nitrogens with one attached hydrogen (secondary N) is 1. The molecule has 0 aliphatic heterocycles. The molecule has 3 heteroatoms. The van der Waals surface area contributed by atoms with Gasteiger partial charge in [-0.15, -0.1) is 11.8 Å². The van der Waals surface area contributed by atoms with Crippen molar-refractivity contribution in [2.75, 3.05) is 5.88 Å². The van der Waals surface area contributed by atoms with Gasteiger partial charge in [0.15, 0.2) is 0 Å². The average molecular weight is 167 g/mol. The molecular weight excluding hydrogens is 158 g/mol. The predicted octanol–water partition coefficient (Wildman–Crippen LogP) is 1.48. The molecule has 1 N–H and O–H groups in total. The first-order valence-corrected chi connectivity index (χ1v) is 4.27. The highest BCUT2D eigenvalue weighted by atomic mass is 32.2. The predicted molar refractivity (Wildman–Crippen MR) is 46.4 cm³/mol. The Morgan fingerprint density at radius 3 is 2.73 bits per heavy atom.